The largest absolute Gasteiger partial charge is 0.474 e. The van der Waals surface area contributed by atoms with Crippen molar-refractivity contribution in [2.45, 2.75) is 45.1 Å². The van der Waals surface area contributed by atoms with Crippen LogP contribution in [0.4, 0.5) is 11.6 Å². The second-order valence-corrected chi connectivity index (χ2v) is 6.48. The Morgan fingerprint density at radius 1 is 1.31 bits per heavy atom. The Morgan fingerprint density at radius 3 is 2.62 bits per heavy atom. The number of fused-ring (bicyclic) bond motifs is 1. The lowest BCUT2D eigenvalue weighted by Crippen LogP contribution is -2.50. The van der Waals surface area contributed by atoms with Crippen molar-refractivity contribution in [3.8, 4) is 5.75 Å². The molecule has 1 aromatic rings. The Hall–Kier alpha value is -2.71. The highest BCUT2D eigenvalue weighted by atomic mass is 16.6. The molecule has 2 aliphatic rings. The third kappa shape index (κ3) is 3.61. The van der Waals surface area contributed by atoms with Crippen LogP contribution in [0.1, 0.15) is 39.0 Å². The molecule has 0 bridgehead atoms. The van der Waals surface area contributed by atoms with E-state index in [0.29, 0.717) is 19.5 Å². The normalized spacial score (nSPS) is 20.2. The number of amides is 2. The average molecular weight is 362 g/mol. The summed E-state index contributed by atoms with van der Waals surface area (Å²) >= 11 is 0. The van der Waals surface area contributed by atoms with Gasteiger partial charge in [0, 0.05) is 19.2 Å². The molecule has 1 atom stereocenters. The summed E-state index contributed by atoms with van der Waals surface area (Å²) in [6, 6.07) is 2.66. The highest BCUT2D eigenvalue weighted by Crippen LogP contribution is 2.34. The van der Waals surface area contributed by atoms with E-state index in [1.54, 1.807) is 11.8 Å². The zero-order valence-electron chi connectivity index (χ0n) is 14.7. The maximum absolute atomic E-state index is 12.7. The molecule has 0 radical (unpaired) electrons. The SMILES string of the molecule is CCC1Oc2ccc([N+](=O)[O-])nc2N(CC(=O)N2CCCCCC2)C1=O. The summed E-state index contributed by atoms with van der Waals surface area (Å²) in [5.41, 5.74) is 0. The fraction of sp³-hybridized carbons (Fsp3) is 0.588. The lowest BCUT2D eigenvalue weighted by Gasteiger charge is -2.31. The van der Waals surface area contributed by atoms with Crippen LogP contribution >= 0.6 is 0 Å². The van der Waals surface area contributed by atoms with Gasteiger partial charge in [-0.15, -0.1) is 0 Å². The third-order valence-corrected chi connectivity index (χ3v) is 4.70. The van der Waals surface area contributed by atoms with Gasteiger partial charge in [-0.3, -0.25) is 14.5 Å². The molecule has 9 heteroatoms. The second-order valence-electron chi connectivity index (χ2n) is 6.48. The number of aromatic nitrogens is 1. The van der Waals surface area contributed by atoms with E-state index >= 15 is 0 Å². The standard InChI is InChI=1S/C17H22N4O5/c1-2-12-17(23)20(11-15(22)19-9-5-3-4-6-10-19)16-13(26-12)7-8-14(18-16)21(24)25/h7-8,12H,2-6,9-11H2,1H3. The lowest BCUT2D eigenvalue weighted by atomic mass is 10.2. The Bertz CT molecular complexity index is 715. The van der Waals surface area contributed by atoms with Gasteiger partial charge < -0.3 is 19.8 Å². The lowest BCUT2D eigenvalue weighted by molar-refractivity contribution is -0.389. The van der Waals surface area contributed by atoms with Crippen LogP contribution in [0.15, 0.2) is 12.1 Å². The maximum atomic E-state index is 12.7. The molecule has 2 amide bonds. The number of pyridine rings is 1. The molecule has 140 valence electrons. The van der Waals surface area contributed by atoms with Gasteiger partial charge in [-0.1, -0.05) is 19.8 Å². The molecule has 1 aromatic heterocycles. The van der Waals surface area contributed by atoms with Crippen molar-refractivity contribution in [2.75, 3.05) is 24.5 Å². The van der Waals surface area contributed by atoms with Gasteiger partial charge in [0.15, 0.2) is 11.9 Å². The van der Waals surface area contributed by atoms with Gasteiger partial charge in [-0.25, -0.2) is 0 Å². The minimum atomic E-state index is -0.720. The number of ether oxygens (including phenoxy) is 1. The third-order valence-electron chi connectivity index (χ3n) is 4.70. The molecule has 3 heterocycles. The van der Waals surface area contributed by atoms with Crippen LogP contribution in [0.2, 0.25) is 0 Å². The number of nitro groups is 1. The fourth-order valence-electron chi connectivity index (χ4n) is 3.26. The van der Waals surface area contributed by atoms with Crippen LogP contribution in [0, 0.1) is 10.1 Å². The number of anilines is 1. The van der Waals surface area contributed by atoms with E-state index in [1.165, 1.54) is 17.0 Å². The maximum Gasteiger partial charge on any atom is 0.366 e. The molecule has 9 nitrogen and oxygen atoms in total. The van der Waals surface area contributed by atoms with Gasteiger partial charge in [-0.2, -0.15) is 0 Å². The molecule has 1 saturated heterocycles. The summed E-state index contributed by atoms with van der Waals surface area (Å²) < 4.78 is 5.60. The molecule has 0 N–H and O–H groups in total. The van der Waals surface area contributed by atoms with Crippen molar-refractivity contribution < 1.29 is 19.2 Å². The van der Waals surface area contributed by atoms with Gasteiger partial charge in [0.05, 0.1) is 0 Å². The number of carbonyl (C=O) groups excluding carboxylic acids is 2. The first-order chi connectivity index (χ1) is 12.5. The molecule has 1 unspecified atom stereocenters. The Kier molecular flexibility index (Phi) is 5.34. The zero-order chi connectivity index (χ0) is 18.7. The summed E-state index contributed by atoms with van der Waals surface area (Å²) in [4.78, 5) is 42.7. The van der Waals surface area contributed by atoms with Crippen molar-refractivity contribution in [3.05, 3.63) is 22.2 Å². The van der Waals surface area contributed by atoms with Crippen LogP contribution in [0.25, 0.3) is 0 Å². The van der Waals surface area contributed by atoms with Gasteiger partial charge in [0.25, 0.3) is 11.7 Å². The molecule has 0 aromatic carbocycles. The highest BCUT2D eigenvalue weighted by Gasteiger charge is 2.39. The summed E-state index contributed by atoms with van der Waals surface area (Å²) in [6.45, 7) is 2.97. The molecule has 1 fully saturated rings. The van der Waals surface area contributed by atoms with Crippen LogP contribution in [0.3, 0.4) is 0 Å². The predicted octanol–water partition coefficient (Wildman–Crippen LogP) is 1.90. The molecule has 3 rings (SSSR count). The molecular weight excluding hydrogens is 340 g/mol. The number of carbonyl (C=O) groups is 2. The van der Waals surface area contributed by atoms with Crippen molar-refractivity contribution in [3.63, 3.8) is 0 Å². The smallest absolute Gasteiger partial charge is 0.366 e. The van der Waals surface area contributed by atoms with Gasteiger partial charge in [-0.05, 0) is 35.2 Å². The molecule has 2 aliphatic heterocycles. The second kappa shape index (κ2) is 7.67. The predicted molar refractivity (Wildman–Crippen MR) is 93.0 cm³/mol. The molecule has 0 aliphatic carbocycles. The van der Waals surface area contributed by atoms with Gasteiger partial charge in [0.2, 0.25) is 5.91 Å². The number of hydrogen-bond donors (Lipinski definition) is 0. The number of hydrogen-bond acceptors (Lipinski definition) is 6. The topological polar surface area (TPSA) is 106 Å². The average Bonchev–Trinajstić information content (AvgIpc) is 2.92. The van der Waals surface area contributed by atoms with Crippen molar-refractivity contribution in [1.82, 2.24) is 9.88 Å². The fourth-order valence-corrected chi connectivity index (χ4v) is 3.26. The van der Waals surface area contributed by atoms with Crippen LogP contribution in [-0.2, 0) is 9.59 Å². The van der Waals surface area contributed by atoms with Gasteiger partial charge in [0.1, 0.15) is 6.54 Å². The summed E-state index contributed by atoms with van der Waals surface area (Å²) in [5.74, 6) is -0.627. The van der Waals surface area contributed by atoms with E-state index in [2.05, 4.69) is 4.98 Å². The highest BCUT2D eigenvalue weighted by molar-refractivity contribution is 6.03. The minimum absolute atomic E-state index is 0.0390. The molecule has 26 heavy (non-hydrogen) atoms. The first-order valence-electron chi connectivity index (χ1n) is 8.92. The first-order valence-corrected chi connectivity index (χ1v) is 8.92. The Balaban J connectivity index is 1.88. The van der Waals surface area contributed by atoms with Crippen LogP contribution < -0.4 is 9.64 Å². The van der Waals surface area contributed by atoms with E-state index in [1.807, 2.05) is 0 Å². The molecule has 0 saturated carbocycles. The number of rotatable bonds is 4. The zero-order valence-corrected chi connectivity index (χ0v) is 14.7. The van der Waals surface area contributed by atoms with E-state index in [0.717, 1.165) is 25.7 Å². The molecular formula is C17H22N4O5. The van der Waals surface area contributed by atoms with Gasteiger partial charge >= 0.3 is 5.82 Å². The Morgan fingerprint density at radius 2 is 2.00 bits per heavy atom. The Labute approximate surface area is 151 Å². The van der Waals surface area contributed by atoms with Crippen molar-refractivity contribution in [2.24, 2.45) is 0 Å². The minimum Gasteiger partial charge on any atom is -0.474 e. The first kappa shape index (κ1) is 18.1. The molecule has 0 spiro atoms. The summed E-state index contributed by atoms with van der Waals surface area (Å²) in [7, 11) is 0. The number of likely N-dealkylation sites (tertiary alicyclic amines) is 1. The van der Waals surface area contributed by atoms with Crippen LogP contribution in [-0.4, -0.2) is 52.4 Å². The van der Waals surface area contributed by atoms with Crippen molar-refractivity contribution in [1.29, 1.82) is 0 Å². The van der Waals surface area contributed by atoms with E-state index in [-0.39, 0.29) is 29.8 Å². The number of nitrogens with zero attached hydrogens (tertiary/aromatic N) is 4. The van der Waals surface area contributed by atoms with Crippen LogP contribution in [0.5, 0.6) is 5.75 Å². The van der Waals surface area contributed by atoms with Crippen molar-refractivity contribution >= 4 is 23.5 Å². The van der Waals surface area contributed by atoms with E-state index < -0.39 is 16.9 Å². The van der Waals surface area contributed by atoms with E-state index in [9.17, 15) is 19.7 Å². The summed E-state index contributed by atoms with van der Waals surface area (Å²) in [6.07, 6.45) is 3.79. The van der Waals surface area contributed by atoms with E-state index in [4.69, 9.17) is 4.74 Å². The quantitative estimate of drug-likeness (QED) is 0.598. The summed E-state index contributed by atoms with van der Waals surface area (Å²) in [5, 5.41) is 11.0. The monoisotopic (exact) mass is 362 g/mol.